The van der Waals surface area contributed by atoms with Crippen molar-refractivity contribution in [3.8, 4) is 11.5 Å². The van der Waals surface area contributed by atoms with E-state index in [-0.39, 0.29) is 35.9 Å². The fourth-order valence-corrected chi connectivity index (χ4v) is 8.25. The average molecular weight is 481 g/mol. The summed E-state index contributed by atoms with van der Waals surface area (Å²) >= 11 is 0. The molecule has 7 nitrogen and oxygen atoms in total. The number of carbonyl (C=O) groups excluding carboxylic acids is 2. The van der Waals surface area contributed by atoms with Crippen molar-refractivity contribution in [2.24, 2.45) is 11.8 Å². The van der Waals surface area contributed by atoms with Crippen molar-refractivity contribution < 1.29 is 24.5 Å². The Balaban J connectivity index is 1.28. The molecule has 7 heteroatoms. The van der Waals surface area contributed by atoms with Crippen LogP contribution in [0, 0.1) is 11.8 Å². The van der Waals surface area contributed by atoms with E-state index in [4.69, 9.17) is 4.74 Å². The first kappa shape index (κ1) is 22.1. The van der Waals surface area contributed by atoms with Gasteiger partial charge >= 0.3 is 0 Å². The monoisotopic (exact) mass is 480 g/mol. The summed E-state index contributed by atoms with van der Waals surface area (Å²) in [6.07, 6.45) is 9.38. The second-order valence-corrected chi connectivity index (χ2v) is 12.1. The highest BCUT2D eigenvalue weighted by molar-refractivity contribution is 6.06. The molecule has 4 fully saturated rings. The fraction of sp³-hybridized carbons (Fsp3) is 0.714. The SMILES string of the molecule is O=C(NC1CCCCCC1)C1C[C@@]2(O)[C@H]3Cc4ccc(O)c5c4[C@@]2(CCN3CC2CC2)[C@@H](O5)C1=O. The predicted octanol–water partition coefficient (Wildman–Crippen LogP) is 2.59. The van der Waals surface area contributed by atoms with E-state index < -0.39 is 23.0 Å². The molecule has 2 bridgehead atoms. The summed E-state index contributed by atoms with van der Waals surface area (Å²) in [6, 6.07) is 3.52. The van der Waals surface area contributed by atoms with E-state index in [1.54, 1.807) is 6.07 Å². The first-order chi connectivity index (χ1) is 16.9. The number of phenols is 1. The van der Waals surface area contributed by atoms with Crippen LogP contribution in [0.5, 0.6) is 11.5 Å². The molecule has 7 rings (SSSR count). The van der Waals surface area contributed by atoms with E-state index in [9.17, 15) is 19.8 Å². The molecular formula is C28H36N2O5. The first-order valence-electron chi connectivity index (χ1n) is 13.7. The first-order valence-corrected chi connectivity index (χ1v) is 13.7. The van der Waals surface area contributed by atoms with Crippen LogP contribution in [0.3, 0.4) is 0 Å². The molecule has 3 saturated carbocycles. The minimum Gasteiger partial charge on any atom is -0.504 e. The molecular weight excluding hydrogens is 444 g/mol. The lowest BCUT2D eigenvalue weighted by Crippen LogP contribution is -2.78. The minimum atomic E-state index is -1.25. The molecule has 1 aromatic carbocycles. The van der Waals surface area contributed by atoms with E-state index in [1.807, 2.05) is 6.07 Å². The molecule has 3 N–H and O–H groups in total. The Hall–Kier alpha value is -2.12. The van der Waals surface area contributed by atoms with Gasteiger partial charge in [-0.15, -0.1) is 0 Å². The number of likely N-dealkylation sites (tertiary alicyclic amines) is 1. The molecule has 1 spiro atoms. The van der Waals surface area contributed by atoms with Crippen LogP contribution in [-0.2, 0) is 21.4 Å². The second kappa shape index (κ2) is 7.69. The number of hydrogen-bond acceptors (Lipinski definition) is 6. The molecule has 4 aliphatic carbocycles. The third-order valence-electron chi connectivity index (χ3n) is 10.1. The molecule has 188 valence electrons. The van der Waals surface area contributed by atoms with Gasteiger partial charge in [-0.3, -0.25) is 14.5 Å². The Kier molecular flexibility index (Phi) is 4.86. The van der Waals surface area contributed by atoms with Crippen molar-refractivity contribution in [1.29, 1.82) is 0 Å². The van der Waals surface area contributed by atoms with Crippen molar-refractivity contribution in [2.45, 2.75) is 99.8 Å². The summed E-state index contributed by atoms with van der Waals surface area (Å²) < 4.78 is 6.25. The van der Waals surface area contributed by atoms with Gasteiger partial charge in [-0.05, 0) is 69.0 Å². The van der Waals surface area contributed by atoms with Gasteiger partial charge in [-0.1, -0.05) is 31.7 Å². The largest absolute Gasteiger partial charge is 0.504 e. The van der Waals surface area contributed by atoms with Gasteiger partial charge in [0.25, 0.3) is 0 Å². The van der Waals surface area contributed by atoms with Gasteiger partial charge < -0.3 is 20.3 Å². The normalized spacial score (nSPS) is 38.4. The van der Waals surface area contributed by atoms with Crippen LogP contribution in [0.1, 0.15) is 75.3 Å². The molecule has 35 heavy (non-hydrogen) atoms. The van der Waals surface area contributed by atoms with Gasteiger partial charge in [-0.2, -0.15) is 0 Å². The summed E-state index contributed by atoms with van der Waals surface area (Å²) in [5, 5.41) is 26.5. The smallest absolute Gasteiger partial charge is 0.231 e. The summed E-state index contributed by atoms with van der Waals surface area (Å²) in [6.45, 7) is 1.76. The maximum Gasteiger partial charge on any atom is 0.231 e. The maximum absolute atomic E-state index is 13.9. The summed E-state index contributed by atoms with van der Waals surface area (Å²) in [4.78, 5) is 29.9. The number of hydrogen-bond donors (Lipinski definition) is 3. The Morgan fingerprint density at radius 3 is 2.66 bits per heavy atom. The number of nitrogens with zero attached hydrogens (tertiary/aromatic N) is 1. The number of aromatic hydroxyl groups is 1. The zero-order valence-corrected chi connectivity index (χ0v) is 20.3. The number of ether oxygens (including phenoxy) is 1. The second-order valence-electron chi connectivity index (χ2n) is 12.1. The molecule has 1 saturated heterocycles. The lowest BCUT2D eigenvalue weighted by Gasteiger charge is -2.63. The molecule has 0 radical (unpaired) electrons. The third kappa shape index (κ3) is 3.03. The van der Waals surface area contributed by atoms with Crippen LogP contribution in [0.4, 0.5) is 0 Å². The molecule has 0 aromatic heterocycles. The van der Waals surface area contributed by atoms with Crippen LogP contribution < -0.4 is 10.1 Å². The molecule has 2 heterocycles. The third-order valence-corrected chi connectivity index (χ3v) is 10.1. The summed E-state index contributed by atoms with van der Waals surface area (Å²) in [5.74, 6) is -0.383. The molecule has 1 unspecified atom stereocenters. The lowest BCUT2D eigenvalue weighted by molar-refractivity contribution is -0.198. The quantitative estimate of drug-likeness (QED) is 0.453. The average Bonchev–Trinajstić information content (AvgIpc) is 3.62. The van der Waals surface area contributed by atoms with E-state index in [0.29, 0.717) is 24.5 Å². The van der Waals surface area contributed by atoms with Gasteiger partial charge in [0, 0.05) is 24.2 Å². The Bertz CT molecular complexity index is 1080. The molecule has 6 aliphatic rings. The van der Waals surface area contributed by atoms with E-state index in [1.165, 1.54) is 25.7 Å². The topological polar surface area (TPSA) is 99.1 Å². The van der Waals surface area contributed by atoms with Crippen molar-refractivity contribution >= 4 is 11.7 Å². The predicted molar refractivity (Wildman–Crippen MR) is 128 cm³/mol. The summed E-state index contributed by atoms with van der Waals surface area (Å²) in [5.41, 5.74) is -0.265. The number of phenolic OH excluding ortho intramolecular Hbond substituents is 1. The number of Topliss-reactive ketones (excluding diaryl/α,β-unsaturated/α-hetero) is 1. The van der Waals surface area contributed by atoms with Crippen LogP contribution in [0.15, 0.2) is 12.1 Å². The van der Waals surface area contributed by atoms with E-state index in [2.05, 4.69) is 10.2 Å². The van der Waals surface area contributed by atoms with Crippen LogP contribution in [-0.4, -0.2) is 63.7 Å². The van der Waals surface area contributed by atoms with Crippen LogP contribution in [0.2, 0.25) is 0 Å². The molecule has 2 aliphatic heterocycles. The standard InChI is InChI=1S/C28H36N2O5/c31-20-10-9-17-13-21-28(34)14-19(26(33)29-18-5-3-1-2-4-6-18)23(32)25-27(28,22(17)24(20)35-25)11-12-30(21)15-16-7-8-16/h9-10,16,18-19,21,25,31,34H,1-8,11-15H2,(H,29,33)/t19?,21-,25+,27+,28-/m1/s1. The molecule has 1 amide bonds. The zero-order valence-electron chi connectivity index (χ0n) is 20.3. The van der Waals surface area contributed by atoms with Gasteiger partial charge in [0.2, 0.25) is 5.91 Å². The van der Waals surface area contributed by atoms with Crippen LogP contribution in [0.25, 0.3) is 0 Å². The number of nitrogens with one attached hydrogen (secondary N) is 1. The number of ketones is 1. The molecule has 1 aromatic rings. The van der Waals surface area contributed by atoms with E-state index >= 15 is 0 Å². The van der Waals surface area contributed by atoms with Crippen molar-refractivity contribution in [1.82, 2.24) is 10.2 Å². The van der Waals surface area contributed by atoms with E-state index in [0.717, 1.165) is 49.9 Å². The Labute approximate surface area is 206 Å². The molecule has 5 atom stereocenters. The lowest BCUT2D eigenvalue weighted by atomic mass is 9.47. The fourth-order valence-electron chi connectivity index (χ4n) is 8.25. The number of piperidine rings is 1. The van der Waals surface area contributed by atoms with Gasteiger partial charge in [0.1, 0.15) is 5.92 Å². The maximum atomic E-state index is 13.9. The van der Waals surface area contributed by atoms with Crippen LogP contribution >= 0.6 is 0 Å². The number of benzene rings is 1. The van der Waals surface area contributed by atoms with Crippen molar-refractivity contribution in [3.05, 3.63) is 23.3 Å². The highest BCUT2D eigenvalue weighted by Gasteiger charge is 2.75. The van der Waals surface area contributed by atoms with Crippen molar-refractivity contribution in [2.75, 3.05) is 13.1 Å². The number of rotatable bonds is 4. The number of amides is 1. The summed E-state index contributed by atoms with van der Waals surface area (Å²) in [7, 11) is 0. The Morgan fingerprint density at radius 2 is 1.91 bits per heavy atom. The number of carbonyl (C=O) groups is 2. The van der Waals surface area contributed by atoms with Gasteiger partial charge in [-0.25, -0.2) is 0 Å². The highest BCUT2D eigenvalue weighted by atomic mass is 16.5. The zero-order chi connectivity index (χ0) is 23.9. The van der Waals surface area contributed by atoms with Gasteiger partial charge in [0.05, 0.1) is 11.0 Å². The van der Waals surface area contributed by atoms with Gasteiger partial charge in [0.15, 0.2) is 23.4 Å². The number of aliphatic hydroxyl groups is 1. The van der Waals surface area contributed by atoms with Crippen molar-refractivity contribution in [3.63, 3.8) is 0 Å². The Morgan fingerprint density at radius 1 is 1.14 bits per heavy atom. The highest BCUT2D eigenvalue weighted by Crippen LogP contribution is 2.65. The minimum absolute atomic E-state index is 0.0148.